The number of benzene rings is 1. The summed E-state index contributed by atoms with van der Waals surface area (Å²) < 4.78 is 1.86. The highest BCUT2D eigenvalue weighted by Crippen LogP contribution is 2.22. The number of nitrogens with one attached hydrogen (secondary N) is 1. The normalized spacial score (nSPS) is 11.6. The summed E-state index contributed by atoms with van der Waals surface area (Å²) in [5.41, 5.74) is 4.40. The molecular weight excluding hydrogens is 326 g/mol. The zero-order valence-corrected chi connectivity index (χ0v) is 15.9. The number of H-pyrrole nitrogens is 1. The van der Waals surface area contributed by atoms with Crippen molar-refractivity contribution in [3.05, 3.63) is 65.5 Å². The number of carbonyl (C=O) groups is 1. The molecule has 26 heavy (non-hydrogen) atoms. The minimum atomic E-state index is -0.0377. The van der Waals surface area contributed by atoms with Gasteiger partial charge in [0.2, 0.25) is 0 Å². The third-order valence-electron chi connectivity index (χ3n) is 4.32. The first kappa shape index (κ1) is 17.9. The monoisotopic (exact) mass is 351 g/mol. The van der Waals surface area contributed by atoms with Crippen LogP contribution in [0.25, 0.3) is 5.69 Å². The summed E-state index contributed by atoms with van der Waals surface area (Å²) >= 11 is 0. The average molecular weight is 351 g/mol. The molecule has 0 saturated heterocycles. The molecule has 0 atom stereocenters. The summed E-state index contributed by atoms with van der Waals surface area (Å²) in [5, 5.41) is 7.41. The fourth-order valence-electron chi connectivity index (χ4n) is 2.81. The first-order chi connectivity index (χ1) is 12.3. The molecule has 3 aromatic rings. The van der Waals surface area contributed by atoms with Crippen LogP contribution in [0.1, 0.15) is 48.1 Å². The minimum absolute atomic E-state index is 0.0253. The SMILES string of the molecule is Cc1ccc(-n2ccnc2)c(C(=O)N(C)Cc2cc(C(C)(C)C)n[nH]2)c1. The quantitative estimate of drug-likeness (QED) is 0.782. The second-order valence-electron chi connectivity index (χ2n) is 7.68. The van der Waals surface area contributed by atoms with E-state index in [1.165, 1.54) is 0 Å². The number of carbonyl (C=O) groups excluding carboxylic acids is 1. The van der Waals surface area contributed by atoms with E-state index in [4.69, 9.17) is 0 Å². The van der Waals surface area contributed by atoms with Gasteiger partial charge in [-0.2, -0.15) is 5.10 Å². The molecule has 1 aromatic carbocycles. The molecule has 136 valence electrons. The number of aromatic amines is 1. The fraction of sp³-hybridized carbons (Fsp3) is 0.350. The minimum Gasteiger partial charge on any atom is -0.336 e. The number of hydrogen-bond acceptors (Lipinski definition) is 3. The molecule has 0 aliphatic carbocycles. The number of amides is 1. The zero-order valence-electron chi connectivity index (χ0n) is 15.9. The number of aromatic nitrogens is 4. The average Bonchev–Trinajstić information content (AvgIpc) is 3.25. The summed E-state index contributed by atoms with van der Waals surface area (Å²) in [6.07, 6.45) is 5.24. The van der Waals surface area contributed by atoms with E-state index in [1.807, 2.05) is 42.0 Å². The predicted octanol–water partition coefficient (Wildman–Crippen LogP) is 3.47. The van der Waals surface area contributed by atoms with Gasteiger partial charge in [0.1, 0.15) is 0 Å². The highest BCUT2D eigenvalue weighted by Gasteiger charge is 2.20. The highest BCUT2D eigenvalue weighted by molar-refractivity contribution is 5.97. The largest absolute Gasteiger partial charge is 0.336 e. The van der Waals surface area contributed by atoms with Crippen LogP contribution in [0.2, 0.25) is 0 Å². The molecule has 0 aliphatic rings. The molecule has 0 spiro atoms. The van der Waals surface area contributed by atoms with E-state index in [0.29, 0.717) is 12.1 Å². The van der Waals surface area contributed by atoms with Crippen LogP contribution >= 0.6 is 0 Å². The molecule has 0 fully saturated rings. The smallest absolute Gasteiger partial charge is 0.256 e. The van der Waals surface area contributed by atoms with Crippen molar-refractivity contribution in [3.63, 3.8) is 0 Å². The summed E-state index contributed by atoms with van der Waals surface area (Å²) in [7, 11) is 1.81. The Morgan fingerprint density at radius 1 is 1.27 bits per heavy atom. The van der Waals surface area contributed by atoms with E-state index in [2.05, 4.69) is 36.0 Å². The zero-order chi connectivity index (χ0) is 18.9. The second-order valence-corrected chi connectivity index (χ2v) is 7.68. The Kier molecular flexibility index (Phi) is 4.68. The van der Waals surface area contributed by atoms with Crippen LogP contribution < -0.4 is 0 Å². The van der Waals surface area contributed by atoms with Gasteiger partial charge in [0.15, 0.2) is 0 Å². The van der Waals surface area contributed by atoms with Gasteiger partial charge < -0.3 is 9.47 Å². The topological polar surface area (TPSA) is 66.8 Å². The molecular formula is C20H25N5O. The van der Waals surface area contributed by atoms with Crippen LogP contribution in [-0.2, 0) is 12.0 Å². The van der Waals surface area contributed by atoms with Crippen molar-refractivity contribution in [2.45, 2.75) is 39.7 Å². The Morgan fingerprint density at radius 3 is 2.65 bits per heavy atom. The third kappa shape index (κ3) is 3.69. The van der Waals surface area contributed by atoms with Crippen LogP contribution in [0.5, 0.6) is 0 Å². The number of aryl methyl sites for hydroxylation is 1. The highest BCUT2D eigenvalue weighted by atomic mass is 16.2. The van der Waals surface area contributed by atoms with Gasteiger partial charge in [-0.15, -0.1) is 0 Å². The lowest BCUT2D eigenvalue weighted by atomic mass is 9.92. The lowest BCUT2D eigenvalue weighted by Crippen LogP contribution is -2.27. The molecule has 6 heteroatoms. The molecule has 0 saturated carbocycles. The standard InChI is InChI=1S/C20H25N5O/c1-14-6-7-17(25-9-8-21-13-25)16(10-14)19(26)24(5)12-15-11-18(23-22-15)20(2,3)4/h6-11,13H,12H2,1-5H3,(H,22,23). The van der Waals surface area contributed by atoms with E-state index in [9.17, 15) is 4.79 Å². The molecule has 0 aliphatic heterocycles. The van der Waals surface area contributed by atoms with Gasteiger partial charge in [0, 0.05) is 24.9 Å². The van der Waals surface area contributed by atoms with E-state index in [0.717, 1.165) is 22.6 Å². The molecule has 0 radical (unpaired) electrons. The Bertz CT molecular complexity index is 903. The van der Waals surface area contributed by atoms with Gasteiger partial charge >= 0.3 is 0 Å². The van der Waals surface area contributed by atoms with Crippen LogP contribution in [-0.4, -0.2) is 37.6 Å². The Balaban J connectivity index is 1.85. The molecule has 0 bridgehead atoms. The summed E-state index contributed by atoms with van der Waals surface area (Å²) in [5.74, 6) is -0.0377. The van der Waals surface area contributed by atoms with Crippen LogP contribution in [0.3, 0.4) is 0 Å². The Labute approximate surface area is 153 Å². The van der Waals surface area contributed by atoms with Crippen molar-refractivity contribution in [1.29, 1.82) is 0 Å². The van der Waals surface area contributed by atoms with Gasteiger partial charge in [0.25, 0.3) is 5.91 Å². The van der Waals surface area contributed by atoms with Crippen molar-refractivity contribution in [2.75, 3.05) is 7.05 Å². The van der Waals surface area contributed by atoms with E-state index >= 15 is 0 Å². The summed E-state index contributed by atoms with van der Waals surface area (Å²) in [4.78, 5) is 18.9. The molecule has 6 nitrogen and oxygen atoms in total. The molecule has 2 aromatic heterocycles. The molecule has 0 unspecified atom stereocenters. The van der Waals surface area contributed by atoms with Crippen molar-refractivity contribution in [3.8, 4) is 5.69 Å². The van der Waals surface area contributed by atoms with Gasteiger partial charge in [0.05, 0.1) is 35.5 Å². The van der Waals surface area contributed by atoms with Crippen LogP contribution in [0.4, 0.5) is 0 Å². The molecule has 3 rings (SSSR count). The summed E-state index contributed by atoms with van der Waals surface area (Å²) in [6, 6.07) is 7.89. The second kappa shape index (κ2) is 6.78. The number of hydrogen-bond donors (Lipinski definition) is 1. The maximum absolute atomic E-state index is 13.1. The Hall–Kier alpha value is -2.89. The van der Waals surface area contributed by atoms with Crippen molar-refractivity contribution < 1.29 is 4.79 Å². The molecule has 1 amide bonds. The third-order valence-corrected chi connectivity index (χ3v) is 4.32. The van der Waals surface area contributed by atoms with Crippen molar-refractivity contribution >= 4 is 5.91 Å². The van der Waals surface area contributed by atoms with Gasteiger partial charge in [-0.05, 0) is 25.1 Å². The number of imidazole rings is 1. The maximum atomic E-state index is 13.1. The first-order valence-corrected chi connectivity index (χ1v) is 8.65. The molecule has 1 N–H and O–H groups in total. The van der Waals surface area contributed by atoms with E-state index in [1.54, 1.807) is 24.5 Å². The number of rotatable bonds is 4. The predicted molar refractivity (Wildman–Crippen MR) is 101 cm³/mol. The van der Waals surface area contributed by atoms with Gasteiger partial charge in [-0.25, -0.2) is 4.98 Å². The van der Waals surface area contributed by atoms with Crippen LogP contribution in [0, 0.1) is 6.92 Å². The number of nitrogens with zero attached hydrogens (tertiary/aromatic N) is 4. The van der Waals surface area contributed by atoms with Gasteiger partial charge in [-0.3, -0.25) is 9.89 Å². The lowest BCUT2D eigenvalue weighted by Gasteiger charge is -2.19. The first-order valence-electron chi connectivity index (χ1n) is 8.65. The Morgan fingerprint density at radius 2 is 2.04 bits per heavy atom. The fourth-order valence-corrected chi connectivity index (χ4v) is 2.81. The lowest BCUT2D eigenvalue weighted by molar-refractivity contribution is 0.0783. The van der Waals surface area contributed by atoms with Crippen molar-refractivity contribution in [2.24, 2.45) is 0 Å². The van der Waals surface area contributed by atoms with Crippen molar-refractivity contribution in [1.82, 2.24) is 24.6 Å². The van der Waals surface area contributed by atoms with Crippen LogP contribution in [0.15, 0.2) is 43.0 Å². The van der Waals surface area contributed by atoms with E-state index < -0.39 is 0 Å². The van der Waals surface area contributed by atoms with Gasteiger partial charge in [-0.1, -0.05) is 32.4 Å². The van der Waals surface area contributed by atoms with E-state index in [-0.39, 0.29) is 11.3 Å². The molecule has 2 heterocycles. The summed E-state index contributed by atoms with van der Waals surface area (Å²) in [6.45, 7) is 8.81. The maximum Gasteiger partial charge on any atom is 0.256 e.